The summed E-state index contributed by atoms with van der Waals surface area (Å²) < 4.78 is 0. The van der Waals surface area contributed by atoms with E-state index in [2.05, 4.69) is 36.1 Å². The average molecular weight is 267 g/mol. The molecule has 0 aromatic rings. The minimum absolute atomic E-state index is 0.685. The Morgan fingerprint density at radius 1 is 1.11 bits per heavy atom. The van der Waals surface area contributed by atoms with Crippen LogP contribution in [0.3, 0.4) is 0 Å². The van der Waals surface area contributed by atoms with Crippen LogP contribution in [0.25, 0.3) is 0 Å². The molecule has 0 radical (unpaired) electrons. The van der Waals surface area contributed by atoms with Crippen LogP contribution < -0.4 is 5.32 Å². The van der Waals surface area contributed by atoms with Crippen LogP contribution in [0.15, 0.2) is 0 Å². The molecule has 0 aromatic carbocycles. The van der Waals surface area contributed by atoms with Crippen molar-refractivity contribution >= 4 is 0 Å². The molecule has 112 valence electrons. The first-order chi connectivity index (χ1) is 9.16. The highest BCUT2D eigenvalue weighted by molar-refractivity contribution is 4.83. The number of nitrogens with zero attached hydrogens (tertiary/aromatic N) is 2. The first-order valence-electron chi connectivity index (χ1n) is 8.30. The Morgan fingerprint density at radius 3 is 2.53 bits per heavy atom. The quantitative estimate of drug-likeness (QED) is 0.825. The van der Waals surface area contributed by atoms with Gasteiger partial charge in [0.15, 0.2) is 0 Å². The van der Waals surface area contributed by atoms with Gasteiger partial charge in [-0.05, 0) is 53.2 Å². The van der Waals surface area contributed by atoms with Crippen LogP contribution in [0.2, 0.25) is 0 Å². The zero-order valence-electron chi connectivity index (χ0n) is 13.2. The summed E-state index contributed by atoms with van der Waals surface area (Å²) in [6.07, 6.45) is 9.82. The lowest BCUT2D eigenvalue weighted by Gasteiger charge is -2.40. The third kappa shape index (κ3) is 4.73. The van der Waals surface area contributed by atoms with Gasteiger partial charge < -0.3 is 10.2 Å². The monoisotopic (exact) mass is 267 g/mol. The van der Waals surface area contributed by atoms with Crippen molar-refractivity contribution in [2.75, 3.05) is 33.7 Å². The van der Waals surface area contributed by atoms with Crippen LogP contribution in [-0.2, 0) is 0 Å². The fourth-order valence-electron chi connectivity index (χ4n) is 3.58. The highest BCUT2D eigenvalue weighted by Crippen LogP contribution is 2.19. The molecule has 0 amide bonds. The molecule has 1 heterocycles. The minimum Gasteiger partial charge on any atom is -0.312 e. The van der Waals surface area contributed by atoms with E-state index < -0.39 is 0 Å². The Morgan fingerprint density at radius 2 is 1.84 bits per heavy atom. The maximum Gasteiger partial charge on any atom is 0.0217 e. The van der Waals surface area contributed by atoms with Gasteiger partial charge in [-0.1, -0.05) is 19.3 Å². The molecule has 3 heteroatoms. The predicted octanol–water partition coefficient (Wildman–Crippen LogP) is 2.32. The Balaban J connectivity index is 1.71. The fraction of sp³-hybridized carbons (Fsp3) is 1.00. The molecule has 2 unspecified atom stereocenters. The summed E-state index contributed by atoms with van der Waals surface area (Å²) in [5, 5.41) is 3.81. The summed E-state index contributed by atoms with van der Waals surface area (Å²) in [5.74, 6) is 0. The Kier molecular flexibility index (Phi) is 6.11. The summed E-state index contributed by atoms with van der Waals surface area (Å²) in [6, 6.07) is 2.24. The molecule has 19 heavy (non-hydrogen) atoms. The van der Waals surface area contributed by atoms with E-state index in [1.165, 1.54) is 64.6 Å². The van der Waals surface area contributed by atoms with Gasteiger partial charge in [0.1, 0.15) is 0 Å². The van der Waals surface area contributed by atoms with E-state index in [0.29, 0.717) is 6.04 Å². The van der Waals surface area contributed by atoms with E-state index in [1.54, 1.807) is 0 Å². The third-order valence-electron chi connectivity index (χ3n) is 5.09. The topological polar surface area (TPSA) is 18.5 Å². The number of rotatable bonds is 5. The Bertz CT molecular complexity index is 248. The lowest BCUT2D eigenvalue weighted by atomic mass is 9.95. The number of hydrogen-bond donors (Lipinski definition) is 1. The molecule has 3 nitrogen and oxygen atoms in total. The Hall–Kier alpha value is -0.120. The van der Waals surface area contributed by atoms with Crippen molar-refractivity contribution < 1.29 is 0 Å². The van der Waals surface area contributed by atoms with E-state index in [4.69, 9.17) is 0 Å². The fourth-order valence-corrected chi connectivity index (χ4v) is 3.58. The molecule has 1 saturated heterocycles. The molecule has 2 rings (SSSR count). The van der Waals surface area contributed by atoms with Crippen LogP contribution in [-0.4, -0.2) is 61.7 Å². The number of hydrogen-bond acceptors (Lipinski definition) is 3. The van der Waals surface area contributed by atoms with Gasteiger partial charge in [-0.15, -0.1) is 0 Å². The van der Waals surface area contributed by atoms with Gasteiger partial charge >= 0.3 is 0 Å². The molecular formula is C16H33N3. The van der Waals surface area contributed by atoms with E-state index in [-0.39, 0.29) is 0 Å². The standard InChI is InChI=1S/C16H33N3/c1-14(12-17-15-8-5-4-6-9-15)19-11-7-10-16(13-19)18(2)3/h14-17H,4-13H2,1-3H3. The van der Waals surface area contributed by atoms with Gasteiger partial charge in [-0.3, -0.25) is 4.90 Å². The van der Waals surface area contributed by atoms with Crippen molar-refractivity contribution in [1.82, 2.24) is 15.1 Å². The van der Waals surface area contributed by atoms with Crippen molar-refractivity contribution in [1.29, 1.82) is 0 Å². The van der Waals surface area contributed by atoms with Crippen molar-refractivity contribution in [3.63, 3.8) is 0 Å². The van der Waals surface area contributed by atoms with E-state index in [9.17, 15) is 0 Å². The number of likely N-dealkylation sites (tertiary alicyclic amines) is 1. The summed E-state index contributed by atoms with van der Waals surface area (Å²) in [4.78, 5) is 5.08. The maximum atomic E-state index is 3.81. The molecule has 1 saturated carbocycles. The summed E-state index contributed by atoms with van der Waals surface area (Å²) in [6.45, 7) is 6.11. The first-order valence-corrected chi connectivity index (χ1v) is 8.30. The molecule has 0 aromatic heterocycles. The van der Waals surface area contributed by atoms with Gasteiger partial charge in [0.05, 0.1) is 0 Å². The highest BCUT2D eigenvalue weighted by Gasteiger charge is 2.25. The second-order valence-corrected chi connectivity index (χ2v) is 6.85. The molecule has 0 bridgehead atoms. The van der Waals surface area contributed by atoms with Gasteiger partial charge in [0, 0.05) is 31.2 Å². The number of likely N-dealkylation sites (N-methyl/N-ethyl adjacent to an activating group) is 1. The van der Waals surface area contributed by atoms with Crippen molar-refractivity contribution in [3.8, 4) is 0 Å². The summed E-state index contributed by atoms with van der Waals surface area (Å²) >= 11 is 0. The van der Waals surface area contributed by atoms with Gasteiger partial charge in [0.2, 0.25) is 0 Å². The van der Waals surface area contributed by atoms with Gasteiger partial charge in [-0.25, -0.2) is 0 Å². The van der Waals surface area contributed by atoms with Crippen molar-refractivity contribution in [2.24, 2.45) is 0 Å². The third-order valence-corrected chi connectivity index (χ3v) is 5.09. The lowest BCUT2D eigenvalue weighted by Crippen LogP contribution is -2.51. The van der Waals surface area contributed by atoms with Crippen molar-refractivity contribution in [2.45, 2.75) is 70.0 Å². The van der Waals surface area contributed by atoms with Crippen LogP contribution in [0.1, 0.15) is 51.9 Å². The molecule has 2 fully saturated rings. The second-order valence-electron chi connectivity index (χ2n) is 6.85. The van der Waals surface area contributed by atoms with Gasteiger partial charge in [-0.2, -0.15) is 0 Å². The first kappa shape index (κ1) is 15.3. The van der Waals surface area contributed by atoms with Crippen LogP contribution in [0.5, 0.6) is 0 Å². The smallest absolute Gasteiger partial charge is 0.0217 e. The molecule has 1 N–H and O–H groups in total. The molecule has 1 aliphatic heterocycles. The SMILES string of the molecule is CC(CNC1CCCCC1)N1CCCC(N(C)C)C1. The highest BCUT2D eigenvalue weighted by atomic mass is 15.2. The van der Waals surface area contributed by atoms with Crippen LogP contribution in [0.4, 0.5) is 0 Å². The lowest BCUT2D eigenvalue weighted by molar-refractivity contribution is 0.0996. The molecule has 0 spiro atoms. The van der Waals surface area contributed by atoms with E-state index in [1.807, 2.05) is 0 Å². The van der Waals surface area contributed by atoms with Gasteiger partial charge in [0.25, 0.3) is 0 Å². The van der Waals surface area contributed by atoms with E-state index >= 15 is 0 Å². The number of nitrogens with one attached hydrogen (secondary N) is 1. The average Bonchev–Trinajstić information content (AvgIpc) is 2.46. The Labute approximate surface area is 119 Å². The van der Waals surface area contributed by atoms with Crippen molar-refractivity contribution in [3.05, 3.63) is 0 Å². The summed E-state index contributed by atoms with van der Waals surface area (Å²) in [5.41, 5.74) is 0. The molecule has 2 atom stereocenters. The second kappa shape index (κ2) is 7.61. The summed E-state index contributed by atoms with van der Waals surface area (Å²) in [7, 11) is 4.44. The maximum absolute atomic E-state index is 3.81. The molecular weight excluding hydrogens is 234 g/mol. The van der Waals surface area contributed by atoms with Crippen LogP contribution >= 0.6 is 0 Å². The van der Waals surface area contributed by atoms with Crippen LogP contribution in [0, 0.1) is 0 Å². The zero-order valence-corrected chi connectivity index (χ0v) is 13.2. The molecule has 2 aliphatic rings. The normalized spacial score (nSPS) is 28.7. The zero-order chi connectivity index (χ0) is 13.7. The number of piperidine rings is 1. The molecule has 1 aliphatic carbocycles. The minimum atomic E-state index is 0.685. The van der Waals surface area contributed by atoms with E-state index in [0.717, 1.165) is 12.1 Å². The largest absolute Gasteiger partial charge is 0.312 e. The predicted molar refractivity (Wildman–Crippen MR) is 82.6 cm³/mol.